The number of hydrogen-bond acceptors (Lipinski definition) is 3. The zero-order chi connectivity index (χ0) is 14.8. The third kappa shape index (κ3) is 4.20. The van der Waals surface area contributed by atoms with Crippen molar-refractivity contribution >= 4 is 26.0 Å². The quantitative estimate of drug-likeness (QED) is 0.875. The predicted octanol–water partition coefficient (Wildman–Crippen LogP) is 3.06. The minimum atomic E-state index is -3.45. The summed E-state index contributed by atoms with van der Waals surface area (Å²) in [6, 6.07) is 7.71. The molecule has 3 atom stereocenters. The number of hydrogen-bond donors (Lipinski definition) is 1. The van der Waals surface area contributed by atoms with Gasteiger partial charge in [0.2, 0.25) is 10.0 Å². The van der Waals surface area contributed by atoms with E-state index < -0.39 is 15.3 Å². The molecule has 1 saturated carbocycles. The summed E-state index contributed by atoms with van der Waals surface area (Å²) in [5.74, 6) is 1.08. The average Bonchev–Trinajstić information content (AvgIpc) is 2.78. The molecule has 20 heavy (non-hydrogen) atoms. The van der Waals surface area contributed by atoms with Gasteiger partial charge in [-0.1, -0.05) is 15.9 Å². The van der Waals surface area contributed by atoms with Gasteiger partial charge in [-0.05, 0) is 62.8 Å². The van der Waals surface area contributed by atoms with E-state index in [0.29, 0.717) is 6.42 Å². The molecule has 1 aliphatic carbocycles. The summed E-state index contributed by atoms with van der Waals surface area (Å²) in [7, 11) is -3.45. The Kier molecular flexibility index (Phi) is 5.09. The van der Waals surface area contributed by atoms with Crippen LogP contribution in [0, 0.1) is 5.92 Å². The Balaban J connectivity index is 1.99. The number of halogens is 1. The lowest BCUT2D eigenvalue weighted by molar-refractivity contribution is 0.153. The molecule has 4 nitrogen and oxygen atoms in total. The highest BCUT2D eigenvalue weighted by atomic mass is 79.9. The molecule has 0 aromatic heterocycles. The second-order valence-corrected chi connectivity index (χ2v) is 8.34. The molecule has 1 aromatic rings. The molecule has 1 aliphatic rings. The van der Waals surface area contributed by atoms with Crippen LogP contribution in [0.5, 0.6) is 5.75 Å². The lowest BCUT2D eigenvalue weighted by Crippen LogP contribution is -2.31. The first-order valence-electron chi connectivity index (χ1n) is 6.80. The number of sulfonamides is 1. The van der Waals surface area contributed by atoms with Crippen molar-refractivity contribution in [2.24, 2.45) is 11.1 Å². The van der Waals surface area contributed by atoms with Gasteiger partial charge in [0.15, 0.2) is 0 Å². The van der Waals surface area contributed by atoms with E-state index in [1.54, 1.807) is 6.92 Å². The molecule has 2 N–H and O–H groups in total. The monoisotopic (exact) mass is 361 g/mol. The number of rotatable bonds is 5. The predicted molar refractivity (Wildman–Crippen MR) is 83.1 cm³/mol. The van der Waals surface area contributed by atoms with Gasteiger partial charge < -0.3 is 4.74 Å². The molecule has 1 fully saturated rings. The van der Waals surface area contributed by atoms with Crippen molar-refractivity contribution in [1.29, 1.82) is 0 Å². The van der Waals surface area contributed by atoms with Gasteiger partial charge in [0.1, 0.15) is 11.9 Å². The third-order valence-corrected chi connectivity index (χ3v) is 5.73. The Hall–Kier alpha value is -0.590. The topological polar surface area (TPSA) is 69.4 Å². The Bertz CT molecular complexity index is 544. The smallest absolute Gasteiger partial charge is 0.211 e. The van der Waals surface area contributed by atoms with E-state index in [2.05, 4.69) is 15.9 Å². The molecule has 0 bridgehead atoms. The molecule has 0 aliphatic heterocycles. The maximum atomic E-state index is 11.4. The van der Waals surface area contributed by atoms with Crippen molar-refractivity contribution in [3.63, 3.8) is 0 Å². The summed E-state index contributed by atoms with van der Waals surface area (Å²) >= 11 is 3.39. The van der Waals surface area contributed by atoms with Crippen LogP contribution in [0.3, 0.4) is 0 Å². The minimum absolute atomic E-state index is 0.0837. The van der Waals surface area contributed by atoms with E-state index in [1.807, 2.05) is 24.3 Å². The summed E-state index contributed by atoms with van der Waals surface area (Å²) in [6.45, 7) is 1.67. The van der Waals surface area contributed by atoms with Crippen molar-refractivity contribution in [3.8, 4) is 5.75 Å². The molecule has 0 saturated heterocycles. The maximum Gasteiger partial charge on any atom is 0.211 e. The van der Waals surface area contributed by atoms with Gasteiger partial charge in [0.05, 0.1) is 5.25 Å². The van der Waals surface area contributed by atoms with Crippen LogP contribution in [0.25, 0.3) is 0 Å². The number of benzene rings is 1. The van der Waals surface area contributed by atoms with E-state index in [4.69, 9.17) is 9.88 Å². The molecule has 0 amide bonds. The first-order valence-corrected chi connectivity index (χ1v) is 9.20. The van der Waals surface area contributed by atoms with Crippen molar-refractivity contribution in [2.75, 3.05) is 0 Å². The molecule has 112 valence electrons. The van der Waals surface area contributed by atoms with Crippen LogP contribution >= 0.6 is 15.9 Å². The van der Waals surface area contributed by atoms with Gasteiger partial charge in [0, 0.05) is 4.47 Å². The summed E-state index contributed by atoms with van der Waals surface area (Å²) < 4.78 is 29.7. The highest BCUT2D eigenvalue weighted by Crippen LogP contribution is 2.33. The van der Waals surface area contributed by atoms with Gasteiger partial charge in [-0.25, -0.2) is 13.6 Å². The first-order chi connectivity index (χ1) is 9.36. The zero-order valence-corrected chi connectivity index (χ0v) is 13.9. The molecule has 0 radical (unpaired) electrons. The summed E-state index contributed by atoms with van der Waals surface area (Å²) in [5, 5.41) is 4.69. The molecule has 6 heteroatoms. The van der Waals surface area contributed by atoms with Crippen LogP contribution in [0.4, 0.5) is 0 Å². The van der Waals surface area contributed by atoms with Crippen molar-refractivity contribution in [3.05, 3.63) is 28.7 Å². The van der Waals surface area contributed by atoms with E-state index in [-0.39, 0.29) is 12.0 Å². The highest BCUT2D eigenvalue weighted by molar-refractivity contribution is 9.10. The molecule has 3 unspecified atom stereocenters. The van der Waals surface area contributed by atoms with Crippen LogP contribution < -0.4 is 9.88 Å². The normalized spacial score (nSPS) is 24.6. The summed E-state index contributed by atoms with van der Waals surface area (Å²) in [5.41, 5.74) is 0. The molecule has 2 rings (SSSR count). The van der Waals surface area contributed by atoms with Crippen molar-refractivity contribution in [2.45, 2.75) is 44.0 Å². The lowest BCUT2D eigenvalue weighted by Gasteiger charge is -2.23. The fourth-order valence-electron chi connectivity index (χ4n) is 2.68. The Morgan fingerprint density at radius 3 is 2.60 bits per heavy atom. The second-order valence-electron chi connectivity index (χ2n) is 5.44. The maximum absolute atomic E-state index is 11.4. The zero-order valence-electron chi connectivity index (χ0n) is 11.5. The minimum Gasteiger partial charge on any atom is -0.490 e. The summed E-state index contributed by atoms with van der Waals surface area (Å²) in [6.07, 6.45) is 3.70. The fraction of sp³-hybridized carbons (Fsp3) is 0.571. The SMILES string of the molecule is CC(CC1CCCC1Oc1ccc(Br)cc1)S(N)(=O)=O. The number of nitrogens with two attached hydrogens (primary N) is 1. The van der Waals surface area contributed by atoms with Gasteiger partial charge in [-0.3, -0.25) is 0 Å². The van der Waals surface area contributed by atoms with E-state index in [9.17, 15) is 8.42 Å². The Labute approximate surface area is 128 Å². The van der Waals surface area contributed by atoms with Gasteiger partial charge in [-0.2, -0.15) is 0 Å². The third-order valence-electron chi connectivity index (χ3n) is 3.89. The molecule has 0 heterocycles. The van der Waals surface area contributed by atoms with E-state index in [1.165, 1.54) is 0 Å². The molecular formula is C14H20BrNO3S. The van der Waals surface area contributed by atoms with Gasteiger partial charge >= 0.3 is 0 Å². The number of ether oxygens (including phenoxy) is 1. The van der Waals surface area contributed by atoms with Crippen molar-refractivity contribution < 1.29 is 13.2 Å². The molecular weight excluding hydrogens is 342 g/mol. The van der Waals surface area contributed by atoms with Crippen LogP contribution in [-0.4, -0.2) is 19.8 Å². The van der Waals surface area contributed by atoms with Crippen molar-refractivity contribution in [1.82, 2.24) is 0 Å². The Morgan fingerprint density at radius 2 is 2.00 bits per heavy atom. The van der Waals surface area contributed by atoms with Crippen LogP contribution in [0.1, 0.15) is 32.6 Å². The van der Waals surface area contributed by atoms with Gasteiger partial charge in [-0.15, -0.1) is 0 Å². The Morgan fingerprint density at radius 1 is 1.35 bits per heavy atom. The standard InChI is InChI=1S/C14H20BrNO3S/c1-10(20(16,17)18)9-11-3-2-4-14(11)19-13-7-5-12(15)6-8-13/h5-8,10-11,14H,2-4,9H2,1H3,(H2,16,17,18). The fourth-order valence-corrected chi connectivity index (χ4v) is 3.46. The molecule has 1 aromatic carbocycles. The highest BCUT2D eigenvalue weighted by Gasteiger charge is 2.32. The largest absolute Gasteiger partial charge is 0.490 e. The van der Waals surface area contributed by atoms with Gasteiger partial charge in [0.25, 0.3) is 0 Å². The van der Waals surface area contributed by atoms with Crippen LogP contribution in [0.2, 0.25) is 0 Å². The van der Waals surface area contributed by atoms with Crippen LogP contribution in [-0.2, 0) is 10.0 Å². The first kappa shape index (κ1) is 15.8. The second kappa shape index (κ2) is 6.45. The van der Waals surface area contributed by atoms with E-state index >= 15 is 0 Å². The number of primary sulfonamides is 1. The average molecular weight is 362 g/mol. The van der Waals surface area contributed by atoms with Crippen LogP contribution in [0.15, 0.2) is 28.7 Å². The lowest BCUT2D eigenvalue weighted by atomic mass is 10.00. The molecule has 0 spiro atoms. The van der Waals surface area contributed by atoms with E-state index in [0.717, 1.165) is 29.5 Å². The summed E-state index contributed by atoms with van der Waals surface area (Å²) in [4.78, 5) is 0.